The van der Waals surface area contributed by atoms with Gasteiger partial charge in [-0.25, -0.2) is 9.78 Å². The molecule has 0 aliphatic rings. The summed E-state index contributed by atoms with van der Waals surface area (Å²) in [4.78, 5) is 33.7. The summed E-state index contributed by atoms with van der Waals surface area (Å²) in [5.74, 6) is 0.804. The molecule has 8 heteroatoms. The molecule has 1 N–H and O–H groups in total. The second-order valence-electron chi connectivity index (χ2n) is 7.61. The Morgan fingerprint density at radius 1 is 1.03 bits per heavy atom. The highest BCUT2D eigenvalue weighted by molar-refractivity contribution is 7.18. The average molecular weight is 501 g/mol. The van der Waals surface area contributed by atoms with Gasteiger partial charge in [-0.2, -0.15) is 0 Å². The molecular formula is C27H20N2O4S2. The van der Waals surface area contributed by atoms with E-state index in [0.29, 0.717) is 34.0 Å². The van der Waals surface area contributed by atoms with Crippen molar-refractivity contribution in [2.75, 3.05) is 7.11 Å². The third-order valence-corrected chi connectivity index (χ3v) is 7.13. The number of H-pyrrole nitrogens is 1. The Morgan fingerprint density at radius 3 is 2.63 bits per heavy atom. The molecule has 0 saturated carbocycles. The van der Waals surface area contributed by atoms with Crippen molar-refractivity contribution in [2.45, 2.75) is 6.61 Å². The van der Waals surface area contributed by atoms with E-state index in [9.17, 15) is 9.59 Å². The maximum Gasteiger partial charge on any atom is 0.337 e. The number of methoxy groups -OCH3 is 1. The van der Waals surface area contributed by atoms with Crippen LogP contribution in [0.1, 0.15) is 27.3 Å². The summed E-state index contributed by atoms with van der Waals surface area (Å²) >= 11 is 3.06. The van der Waals surface area contributed by atoms with E-state index >= 15 is 0 Å². The molecule has 0 unspecified atom stereocenters. The molecule has 0 spiro atoms. The van der Waals surface area contributed by atoms with Gasteiger partial charge in [0.25, 0.3) is 5.56 Å². The van der Waals surface area contributed by atoms with Gasteiger partial charge in [0.15, 0.2) is 0 Å². The highest BCUT2D eigenvalue weighted by atomic mass is 32.1. The van der Waals surface area contributed by atoms with Gasteiger partial charge in [0.05, 0.1) is 18.1 Å². The Kier molecular flexibility index (Phi) is 6.56. The number of benzene rings is 2. The molecule has 5 rings (SSSR count). The van der Waals surface area contributed by atoms with Gasteiger partial charge in [-0.3, -0.25) is 4.79 Å². The summed E-state index contributed by atoms with van der Waals surface area (Å²) < 4.78 is 10.8. The van der Waals surface area contributed by atoms with E-state index in [4.69, 9.17) is 9.47 Å². The van der Waals surface area contributed by atoms with Crippen molar-refractivity contribution in [3.63, 3.8) is 0 Å². The fourth-order valence-corrected chi connectivity index (χ4v) is 5.36. The predicted octanol–water partition coefficient (Wildman–Crippen LogP) is 6.25. The number of carbonyl (C=O) groups is 1. The topological polar surface area (TPSA) is 81.3 Å². The zero-order valence-electron chi connectivity index (χ0n) is 18.7. The van der Waals surface area contributed by atoms with Crippen LogP contribution in [-0.4, -0.2) is 23.0 Å². The van der Waals surface area contributed by atoms with Gasteiger partial charge >= 0.3 is 5.97 Å². The zero-order chi connectivity index (χ0) is 24.2. The lowest BCUT2D eigenvalue weighted by Crippen LogP contribution is -2.08. The number of nitrogens with zero attached hydrogens (tertiary/aromatic N) is 1. The molecule has 0 radical (unpaired) electrons. The normalized spacial score (nSPS) is 11.2. The van der Waals surface area contributed by atoms with Gasteiger partial charge in [0.1, 0.15) is 23.0 Å². The number of hydrogen-bond donors (Lipinski definition) is 1. The number of carbonyl (C=O) groups excluding carboxylic acids is 1. The number of thiophene rings is 2. The summed E-state index contributed by atoms with van der Waals surface area (Å²) in [6.45, 7) is 0.341. The molecule has 5 aromatic rings. The van der Waals surface area contributed by atoms with Gasteiger partial charge < -0.3 is 14.5 Å². The van der Waals surface area contributed by atoms with Crippen LogP contribution in [0.15, 0.2) is 76.2 Å². The maximum absolute atomic E-state index is 12.8. The van der Waals surface area contributed by atoms with Crippen molar-refractivity contribution >= 4 is 51.0 Å². The van der Waals surface area contributed by atoms with Crippen LogP contribution in [0.5, 0.6) is 5.75 Å². The van der Waals surface area contributed by atoms with Gasteiger partial charge in [0.2, 0.25) is 0 Å². The summed E-state index contributed by atoms with van der Waals surface area (Å²) in [6.07, 6.45) is 3.65. The largest absolute Gasteiger partial charge is 0.488 e. The molecule has 0 aliphatic carbocycles. The Balaban J connectivity index is 1.34. The van der Waals surface area contributed by atoms with Crippen LogP contribution in [0, 0.1) is 0 Å². The number of fused-ring (bicyclic) bond motifs is 1. The number of hydrogen-bond acceptors (Lipinski definition) is 7. The lowest BCUT2D eigenvalue weighted by molar-refractivity contribution is 0.0600. The van der Waals surface area contributed by atoms with Gasteiger partial charge in [-0.1, -0.05) is 36.4 Å². The van der Waals surface area contributed by atoms with Gasteiger partial charge in [0, 0.05) is 21.4 Å². The highest BCUT2D eigenvalue weighted by Crippen LogP contribution is 2.33. The second kappa shape index (κ2) is 10.1. The molecule has 0 amide bonds. The van der Waals surface area contributed by atoms with E-state index < -0.39 is 0 Å². The van der Waals surface area contributed by atoms with Crippen LogP contribution < -0.4 is 10.3 Å². The second-order valence-corrected chi connectivity index (χ2v) is 9.41. The first-order chi connectivity index (χ1) is 17.1. The van der Waals surface area contributed by atoms with Crippen LogP contribution in [0.4, 0.5) is 0 Å². The minimum absolute atomic E-state index is 0.153. The Hall–Kier alpha value is -4.01. The average Bonchev–Trinajstić information content (AvgIpc) is 3.57. The summed E-state index contributed by atoms with van der Waals surface area (Å²) in [6, 6.07) is 18.7. The molecule has 35 heavy (non-hydrogen) atoms. The summed E-state index contributed by atoms with van der Waals surface area (Å²) in [5, 5.41) is 4.60. The van der Waals surface area contributed by atoms with Crippen molar-refractivity contribution in [1.29, 1.82) is 0 Å². The quantitative estimate of drug-likeness (QED) is 0.267. The van der Waals surface area contributed by atoms with Crippen molar-refractivity contribution in [3.8, 4) is 16.2 Å². The molecule has 3 heterocycles. The number of para-hydroxylation sites is 1. The first-order valence-electron chi connectivity index (χ1n) is 10.7. The molecule has 174 valence electrons. The third-order valence-electron chi connectivity index (χ3n) is 5.36. The van der Waals surface area contributed by atoms with Crippen molar-refractivity contribution in [2.24, 2.45) is 0 Å². The van der Waals surface area contributed by atoms with Crippen LogP contribution in [0.3, 0.4) is 0 Å². The van der Waals surface area contributed by atoms with Gasteiger partial charge in [-0.15, -0.1) is 22.7 Å². The molecule has 0 saturated heterocycles. The molecule has 0 bridgehead atoms. The van der Waals surface area contributed by atoms with Crippen LogP contribution in [-0.2, 0) is 11.3 Å². The van der Waals surface area contributed by atoms with E-state index in [1.54, 1.807) is 29.5 Å². The summed E-state index contributed by atoms with van der Waals surface area (Å²) in [5.41, 5.74) is 3.03. The highest BCUT2D eigenvalue weighted by Gasteiger charge is 2.13. The lowest BCUT2D eigenvalue weighted by atomic mass is 10.1. The fourth-order valence-electron chi connectivity index (χ4n) is 3.59. The molecule has 6 nitrogen and oxygen atoms in total. The first-order valence-corrected chi connectivity index (χ1v) is 12.5. The molecule has 2 aromatic carbocycles. The molecule has 0 fully saturated rings. The smallest absolute Gasteiger partial charge is 0.337 e. The number of aromatic amines is 1. The van der Waals surface area contributed by atoms with Crippen molar-refractivity contribution in [3.05, 3.63) is 104 Å². The fraction of sp³-hybridized carbons (Fsp3) is 0.0741. The van der Waals surface area contributed by atoms with E-state index in [1.807, 2.05) is 65.4 Å². The molecule has 3 aromatic heterocycles. The van der Waals surface area contributed by atoms with Crippen LogP contribution in [0.25, 0.3) is 32.8 Å². The number of aromatic nitrogens is 2. The number of esters is 1. The zero-order valence-corrected chi connectivity index (χ0v) is 20.3. The Labute approximate surface area is 209 Å². The van der Waals surface area contributed by atoms with Crippen LogP contribution >= 0.6 is 22.7 Å². The predicted molar refractivity (Wildman–Crippen MR) is 141 cm³/mol. The minimum atomic E-state index is -0.372. The standard InChI is InChI=1S/C27H20N2O4S2/c1-32-27(31)19-10-8-17(9-11-19)15-33-21-6-3-2-5-18(21)12-13-23-28-25(30)24-20(16-35-26(24)29-23)22-7-4-14-34-22/h2-14,16H,15H2,1H3,(H,28,29,30)/b13-12+. The third kappa shape index (κ3) is 4.94. The number of nitrogens with one attached hydrogen (secondary N) is 1. The first kappa shape index (κ1) is 22.8. The molecule has 0 aliphatic heterocycles. The van der Waals surface area contributed by atoms with Crippen LogP contribution in [0.2, 0.25) is 0 Å². The maximum atomic E-state index is 12.8. The van der Waals surface area contributed by atoms with Gasteiger partial charge in [-0.05, 0) is 47.4 Å². The summed E-state index contributed by atoms with van der Waals surface area (Å²) in [7, 11) is 1.36. The van der Waals surface area contributed by atoms with E-state index in [-0.39, 0.29) is 11.5 Å². The molecular weight excluding hydrogens is 480 g/mol. The van der Waals surface area contributed by atoms with Crippen molar-refractivity contribution < 1.29 is 14.3 Å². The monoisotopic (exact) mass is 500 g/mol. The Bertz CT molecular complexity index is 1570. The SMILES string of the molecule is COC(=O)c1ccc(COc2ccccc2/C=C/c2nc3scc(-c4cccs4)c3c(=O)[nH]2)cc1. The molecule has 0 atom stereocenters. The minimum Gasteiger partial charge on any atom is -0.488 e. The van der Waals surface area contributed by atoms with E-state index in [2.05, 4.69) is 9.97 Å². The number of ether oxygens (including phenoxy) is 2. The lowest BCUT2D eigenvalue weighted by Gasteiger charge is -2.09. The Morgan fingerprint density at radius 2 is 1.86 bits per heavy atom. The van der Waals surface area contributed by atoms with E-state index in [1.165, 1.54) is 18.4 Å². The number of rotatable bonds is 7. The van der Waals surface area contributed by atoms with E-state index in [0.717, 1.165) is 21.6 Å². The van der Waals surface area contributed by atoms with Crippen molar-refractivity contribution in [1.82, 2.24) is 9.97 Å².